The number of quaternary nitrogens is 1. The number of carbonyl (C=O) groups is 3. The molecule has 0 aromatic rings. The predicted molar refractivity (Wildman–Crippen MR) is 93.0 cm³/mol. The summed E-state index contributed by atoms with van der Waals surface area (Å²) in [6.45, 7) is 4.95. The van der Waals surface area contributed by atoms with Crippen molar-refractivity contribution in [1.29, 1.82) is 0 Å². The van der Waals surface area contributed by atoms with Gasteiger partial charge in [-0.15, -0.1) is 6.42 Å². The smallest absolute Gasteiger partial charge is 0.303 e. The number of likely N-dealkylation sites (N-methyl/N-ethyl adjacent to an activating group) is 1. The van der Waals surface area contributed by atoms with E-state index in [2.05, 4.69) is 5.92 Å². The van der Waals surface area contributed by atoms with E-state index in [9.17, 15) is 14.4 Å². The summed E-state index contributed by atoms with van der Waals surface area (Å²) in [4.78, 5) is 34.3. The molecule has 0 spiro atoms. The van der Waals surface area contributed by atoms with Gasteiger partial charge in [-0.05, 0) is 5.92 Å². The van der Waals surface area contributed by atoms with Gasteiger partial charge in [0.2, 0.25) is 0 Å². The van der Waals surface area contributed by atoms with Crippen molar-refractivity contribution in [3.8, 4) is 12.3 Å². The Morgan fingerprint density at radius 3 is 2.11 bits per heavy atom. The number of nitrogens with zero attached hydrogens (tertiary/aromatic N) is 1. The Balaban J connectivity index is 2.89. The van der Waals surface area contributed by atoms with Gasteiger partial charge in [0, 0.05) is 20.8 Å². The van der Waals surface area contributed by atoms with Gasteiger partial charge in [0.05, 0.1) is 27.3 Å². The second-order valence-corrected chi connectivity index (χ2v) is 6.89. The fraction of sp³-hybridized carbons (Fsp3) is 0.722. The van der Waals surface area contributed by atoms with E-state index < -0.39 is 42.5 Å². The van der Waals surface area contributed by atoms with E-state index in [-0.39, 0.29) is 13.2 Å². The molecule has 0 saturated carbocycles. The lowest BCUT2D eigenvalue weighted by Crippen LogP contribution is -2.58. The van der Waals surface area contributed by atoms with Gasteiger partial charge in [-0.3, -0.25) is 14.4 Å². The average Bonchev–Trinajstić information content (AvgIpc) is 2.50. The highest BCUT2D eigenvalue weighted by Gasteiger charge is 2.47. The summed E-state index contributed by atoms with van der Waals surface area (Å²) >= 11 is 0. The minimum absolute atomic E-state index is 0.0669. The molecule has 1 aliphatic rings. The molecule has 27 heavy (non-hydrogen) atoms. The molecular weight excluding hydrogens is 358 g/mol. The van der Waals surface area contributed by atoms with Gasteiger partial charge < -0.3 is 28.2 Å². The van der Waals surface area contributed by atoms with Gasteiger partial charge in [-0.1, -0.05) is 0 Å². The summed E-state index contributed by atoms with van der Waals surface area (Å²) in [7, 11) is 3.90. The van der Waals surface area contributed by atoms with Crippen molar-refractivity contribution in [3.63, 3.8) is 0 Å². The van der Waals surface area contributed by atoms with Gasteiger partial charge in [-0.25, -0.2) is 0 Å². The third kappa shape index (κ3) is 7.95. The minimum Gasteiger partial charge on any atom is -0.456 e. The lowest BCUT2D eigenvalue weighted by atomic mass is 10.0. The Morgan fingerprint density at radius 1 is 1.04 bits per heavy atom. The van der Waals surface area contributed by atoms with Crippen LogP contribution in [0.1, 0.15) is 20.8 Å². The molecule has 1 unspecified atom stereocenters. The summed E-state index contributed by atoms with van der Waals surface area (Å²) in [6, 6.07) is 0. The molecule has 152 valence electrons. The summed E-state index contributed by atoms with van der Waals surface area (Å²) in [5, 5.41) is 0. The topological polar surface area (TPSA) is 97.4 Å². The van der Waals surface area contributed by atoms with Crippen LogP contribution in [0.4, 0.5) is 0 Å². The maximum atomic E-state index is 11.5. The normalized spacial score (nSPS) is 25.2. The van der Waals surface area contributed by atoms with Crippen molar-refractivity contribution >= 4 is 17.9 Å². The molecule has 0 radical (unpaired) electrons. The Labute approximate surface area is 159 Å². The molecule has 0 aromatic carbocycles. The van der Waals surface area contributed by atoms with Crippen LogP contribution in [-0.2, 0) is 38.1 Å². The SMILES string of the molecule is C#CC[N+](C)(C)CCO[C@@H]1OC[C@@H](OC(C)=O)C(OC(C)=O)[C@H]1OC(C)=O. The molecule has 1 heterocycles. The lowest BCUT2D eigenvalue weighted by Gasteiger charge is -2.40. The van der Waals surface area contributed by atoms with Gasteiger partial charge >= 0.3 is 17.9 Å². The molecule has 1 aliphatic heterocycles. The van der Waals surface area contributed by atoms with Gasteiger partial charge in [-0.2, -0.15) is 0 Å². The summed E-state index contributed by atoms with van der Waals surface area (Å²) in [6.07, 6.45) is 1.34. The molecule has 1 saturated heterocycles. The van der Waals surface area contributed by atoms with Crippen LogP contribution >= 0.6 is 0 Å². The lowest BCUT2D eigenvalue weighted by molar-refractivity contribution is -0.883. The van der Waals surface area contributed by atoms with E-state index in [1.165, 1.54) is 20.8 Å². The van der Waals surface area contributed by atoms with Crippen molar-refractivity contribution in [2.24, 2.45) is 0 Å². The third-order valence-electron chi connectivity index (χ3n) is 3.80. The van der Waals surface area contributed by atoms with Crippen LogP contribution in [0.2, 0.25) is 0 Å². The van der Waals surface area contributed by atoms with Crippen molar-refractivity contribution < 1.29 is 42.6 Å². The van der Waals surface area contributed by atoms with E-state index in [0.717, 1.165) is 0 Å². The molecule has 0 amide bonds. The Bertz CT molecular complexity index is 582. The van der Waals surface area contributed by atoms with Crippen LogP contribution in [0.25, 0.3) is 0 Å². The molecule has 0 N–H and O–H groups in total. The largest absolute Gasteiger partial charge is 0.456 e. The van der Waals surface area contributed by atoms with E-state index in [0.29, 0.717) is 17.6 Å². The van der Waals surface area contributed by atoms with Gasteiger partial charge in [0.15, 0.2) is 24.6 Å². The monoisotopic (exact) mass is 386 g/mol. The zero-order valence-electron chi connectivity index (χ0n) is 16.4. The highest BCUT2D eigenvalue weighted by Crippen LogP contribution is 2.25. The van der Waals surface area contributed by atoms with E-state index in [1.54, 1.807) is 0 Å². The molecule has 4 atom stereocenters. The average molecular weight is 386 g/mol. The molecule has 0 bridgehead atoms. The molecule has 9 heteroatoms. The first-order valence-corrected chi connectivity index (χ1v) is 8.56. The Hall–Kier alpha value is -2.15. The summed E-state index contributed by atoms with van der Waals surface area (Å²) in [5.74, 6) is 0.801. The minimum atomic E-state index is -1.08. The first kappa shape index (κ1) is 22.9. The molecule has 1 fully saturated rings. The van der Waals surface area contributed by atoms with Crippen LogP contribution in [0, 0.1) is 12.3 Å². The van der Waals surface area contributed by atoms with Crippen LogP contribution in [0.5, 0.6) is 0 Å². The molecule has 0 aliphatic carbocycles. The first-order chi connectivity index (χ1) is 12.6. The zero-order chi connectivity index (χ0) is 20.6. The maximum absolute atomic E-state index is 11.5. The third-order valence-corrected chi connectivity index (χ3v) is 3.80. The Morgan fingerprint density at radius 2 is 1.59 bits per heavy atom. The zero-order valence-corrected chi connectivity index (χ0v) is 16.4. The van der Waals surface area contributed by atoms with Crippen molar-refractivity contribution in [3.05, 3.63) is 0 Å². The van der Waals surface area contributed by atoms with E-state index in [1.807, 2.05) is 14.1 Å². The van der Waals surface area contributed by atoms with Crippen LogP contribution in [-0.4, -0.2) is 87.4 Å². The number of rotatable bonds is 8. The highest BCUT2D eigenvalue weighted by atomic mass is 16.7. The molecular formula is C18H28NO8+. The van der Waals surface area contributed by atoms with Crippen molar-refractivity contribution in [2.75, 3.05) is 40.4 Å². The summed E-state index contributed by atoms with van der Waals surface area (Å²) < 4.78 is 27.5. The first-order valence-electron chi connectivity index (χ1n) is 8.56. The van der Waals surface area contributed by atoms with E-state index >= 15 is 0 Å². The fourth-order valence-electron chi connectivity index (χ4n) is 2.59. The number of esters is 3. The summed E-state index contributed by atoms with van der Waals surface area (Å²) in [5.41, 5.74) is 0. The second kappa shape index (κ2) is 10.3. The second-order valence-electron chi connectivity index (χ2n) is 6.89. The molecule has 1 rings (SSSR count). The fourth-order valence-corrected chi connectivity index (χ4v) is 2.59. The number of hydrogen-bond donors (Lipinski definition) is 0. The standard InChI is InChI=1S/C18H28NO8/c1-7-8-19(5,6)9-10-23-18-17(27-14(4)22)16(26-13(3)21)15(11-24-18)25-12(2)20/h1,15-18H,8-11H2,2-6H3/q+1/t15-,16?,17-,18-/m1/s1. The Kier molecular flexibility index (Phi) is 8.69. The van der Waals surface area contributed by atoms with Gasteiger partial charge in [0.25, 0.3) is 0 Å². The predicted octanol–water partition coefficient (Wildman–Crippen LogP) is -0.136. The number of terminal acetylenes is 1. The molecule has 9 nitrogen and oxygen atoms in total. The van der Waals surface area contributed by atoms with Crippen LogP contribution < -0.4 is 0 Å². The highest BCUT2D eigenvalue weighted by molar-refractivity contribution is 5.68. The molecule has 0 aromatic heterocycles. The van der Waals surface area contributed by atoms with Crippen LogP contribution in [0.15, 0.2) is 0 Å². The number of hydrogen-bond acceptors (Lipinski definition) is 8. The number of carbonyl (C=O) groups excluding carboxylic acids is 3. The van der Waals surface area contributed by atoms with Gasteiger partial charge in [0.1, 0.15) is 13.1 Å². The van der Waals surface area contributed by atoms with Crippen molar-refractivity contribution in [1.82, 2.24) is 0 Å². The van der Waals surface area contributed by atoms with Crippen LogP contribution in [0.3, 0.4) is 0 Å². The maximum Gasteiger partial charge on any atom is 0.303 e. The number of ether oxygens (including phenoxy) is 5. The quantitative estimate of drug-likeness (QED) is 0.246. The van der Waals surface area contributed by atoms with E-state index in [4.69, 9.17) is 30.1 Å². The van der Waals surface area contributed by atoms with Crippen molar-refractivity contribution in [2.45, 2.75) is 45.4 Å².